The second-order valence-corrected chi connectivity index (χ2v) is 9.88. The Kier molecular flexibility index (Phi) is 7.88. The fourth-order valence-corrected chi connectivity index (χ4v) is 4.93. The minimum Gasteiger partial charge on any atom is -0.422 e. The van der Waals surface area contributed by atoms with Gasteiger partial charge in [0.25, 0.3) is 0 Å². The monoisotopic (exact) mass is 576 g/mol. The molecule has 0 saturated carbocycles. The Hall–Kier alpha value is -6.14. The number of hydrogen-bond donors (Lipinski definition) is 0. The van der Waals surface area contributed by atoms with Crippen molar-refractivity contribution in [3.8, 4) is 11.5 Å². The van der Waals surface area contributed by atoms with Crippen molar-refractivity contribution in [3.05, 3.63) is 179 Å². The molecule has 0 aromatic heterocycles. The van der Waals surface area contributed by atoms with E-state index in [0.717, 1.165) is 0 Å². The molecule has 6 rings (SSSR count). The highest BCUT2D eigenvalue weighted by Crippen LogP contribution is 2.38. The van der Waals surface area contributed by atoms with E-state index in [0.29, 0.717) is 16.5 Å². The highest BCUT2D eigenvalue weighted by Gasteiger charge is 2.28. The fourth-order valence-electron chi connectivity index (χ4n) is 4.93. The quantitative estimate of drug-likeness (QED) is 0.105. The maximum absolute atomic E-state index is 14.3. The number of carbonyl (C=O) groups is 4. The summed E-state index contributed by atoms with van der Waals surface area (Å²) in [6.07, 6.45) is 0. The molecule has 0 fully saturated rings. The Morgan fingerprint density at radius 1 is 0.364 bits per heavy atom. The number of hydrogen-bond acceptors (Lipinski definition) is 6. The Labute approximate surface area is 253 Å². The molecule has 6 nitrogen and oxygen atoms in total. The molecule has 0 bridgehead atoms. The zero-order valence-corrected chi connectivity index (χ0v) is 23.3. The number of esters is 2. The number of rotatable bonds is 8. The van der Waals surface area contributed by atoms with E-state index in [-0.39, 0.29) is 39.1 Å². The van der Waals surface area contributed by atoms with Gasteiger partial charge in [-0.25, -0.2) is 9.59 Å². The summed E-state index contributed by atoms with van der Waals surface area (Å²) in [5.41, 5.74) is 1.21. The minimum absolute atomic E-state index is 0.00475. The molecule has 0 unspecified atom stereocenters. The fraction of sp³-hybridized carbons (Fsp3) is 0. The molecule has 0 atom stereocenters. The number of ketones is 2. The van der Waals surface area contributed by atoms with E-state index in [1.54, 1.807) is 133 Å². The number of fused-ring (bicyclic) bond motifs is 1. The van der Waals surface area contributed by atoms with Gasteiger partial charge in [0.05, 0.1) is 22.3 Å². The molecule has 0 heterocycles. The lowest BCUT2D eigenvalue weighted by Gasteiger charge is -2.18. The predicted molar refractivity (Wildman–Crippen MR) is 166 cm³/mol. The second-order valence-electron chi connectivity index (χ2n) is 9.88. The van der Waals surface area contributed by atoms with Crippen LogP contribution in [-0.4, -0.2) is 23.5 Å². The normalized spacial score (nSPS) is 10.6. The lowest BCUT2D eigenvalue weighted by molar-refractivity contribution is 0.0723. The topological polar surface area (TPSA) is 86.7 Å². The summed E-state index contributed by atoms with van der Waals surface area (Å²) in [5.74, 6) is -2.35. The van der Waals surface area contributed by atoms with Crippen LogP contribution in [-0.2, 0) is 0 Å². The maximum atomic E-state index is 14.3. The molecule has 0 aliphatic rings. The zero-order valence-electron chi connectivity index (χ0n) is 23.3. The van der Waals surface area contributed by atoms with E-state index >= 15 is 0 Å². The second kappa shape index (κ2) is 12.4. The van der Waals surface area contributed by atoms with Crippen molar-refractivity contribution < 1.29 is 28.7 Å². The molecular formula is C38H24O6. The molecule has 0 spiro atoms. The number of benzene rings is 6. The van der Waals surface area contributed by atoms with Crippen molar-refractivity contribution in [1.29, 1.82) is 0 Å². The van der Waals surface area contributed by atoms with Crippen LogP contribution in [0.2, 0.25) is 0 Å². The van der Waals surface area contributed by atoms with Gasteiger partial charge in [0, 0.05) is 16.5 Å². The van der Waals surface area contributed by atoms with Gasteiger partial charge in [-0.3, -0.25) is 9.59 Å². The molecule has 0 saturated heterocycles. The van der Waals surface area contributed by atoms with Crippen LogP contribution >= 0.6 is 0 Å². The molecule has 0 aliphatic heterocycles. The molecule has 0 N–H and O–H groups in total. The van der Waals surface area contributed by atoms with Gasteiger partial charge in [-0.2, -0.15) is 0 Å². The first-order chi connectivity index (χ1) is 21.5. The molecule has 212 valence electrons. The first-order valence-corrected chi connectivity index (χ1v) is 13.8. The van der Waals surface area contributed by atoms with Crippen LogP contribution in [0.1, 0.15) is 52.6 Å². The van der Waals surface area contributed by atoms with E-state index in [9.17, 15) is 19.2 Å². The van der Waals surface area contributed by atoms with Gasteiger partial charge in [0.15, 0.2) is 11.6 Å². The van der Waals surface area contributed by atoms with Crippen molar-refractivity contribution in [2.75, 3.05) is 0 Å². The van der Waals surface area contributed by atoms with Crippen LogP contribution in [0.4, 0.5) is 0 Å². The number of carbonyl (C=O) groups excluding carboxylic acids is 4. The third-order valence-corrected chi connectivity index (χ3v) is 7.06. The molecule has 0 aliphatic carbocycles. The average Bonchev–Trinajstić information content (AvgIpc) is 3.09. The van der Waals surface area contributed by atoms with Crippen LogP contribution in [0.15, 0.2) is 146 Å². The summed E-state index contributed by atoms with van der Waals surface area (Å²) in [5, 5.41) is 0.715. The Balaban J connectivity index is 1.61. The third kappa shape index (κ3) is 5.65. The third-order valence-electron chi connectivity index (χ3n) is 7.06. The average molecular weight is 577 g/mol. The van der Waals surface area contributed by atoms with Gasteiger partial charge >= 0.3 is 11.9 Å². The van der Waals surface area contributed by atoms with Crippen LogP contribution in [0.25, 0.3) is 10.8 Å². The van der Waals surface area contributed by atoms with Crippen molar-refractivity contribution in [1.82, 2.24) is 0 Å². The van der Waals surface area contributed by atoms with Crippen molar-refractivity contribution >= 4 is 34.3 Å². The summed E-state index contributed by atoms with van der Waals surface area (Å²) in [6.45, 7) is 0. The lowest BCUT2D eigenvalue weighted by atomic mass is 9.89. The summed E-state index contributed by atoms with van der Waals surface area (Å²) < 4.78 is 11.7. The van der Waals surface area contributed by atoms with E-state index in [4.69, 9.17) is 9.47 Å². The van der Waals surface area contributed by atoms with E-state index in [1.807, 2.05) is 0 Å². The summed E-state index contributed by atoms with van der Waals surface area (Å²) in [6, 6.07) is 40.2. The van der Waals surface area contributed by atoms with E-state index < -0.39 is 23.5 Å². The summed E-state index contributed by atoms with van der Waals surface area (Å²) >= 11 is 0. The highest BCUT2D eigenvalue weighted by molar-refractivity contribution is 6.26. The Morgan fingerprint density at radius 2 is 0.682 bits per heavy atom. The lowest BCUT2D eigenvalue weighted by Crippen LogP contribution is -2.16. The molecule has 6 aromatic carbocycles. The highest BCUT2D eigenvalue weighted by atomic mass is 16.5. The smallest absolute Gasteiger partial charge is 0.343 e. The molecule has 6 heteroatoms. The molecule has 44 heavy (non-hydrogen) atoms. The molecule has 0 amide bonds. The minimum atomic E-state index is -0.672. The van der Waals surface area contributed by atoms with Crippen LogP contribution < -0.4 is 9.47 Å². The van der Waals surface area contributed by atoms with Crippen molar-refractivity contribution in [2.45, 2.75) is 0 Å². The Bertz CT molecular complexity index is 1860. The zero-order chi connectivity index (χ0) is 30.5. The first-order valence-electron chi connectivity index (χ1n) is 13.8. The van der Waals surface area contributed by atoms with Crippen molar-refractivity contribution in [3.63, 3.8) is 0 Å². The molecular weight excluding hydrogens is 552 g/mol. The van der Waals surface area contributed by atoms with Gasteiger partial charge in [-0.05, 0) is 41.8 Å². The standard InChI is InChI=1S/C38H24O6/c39-35(26-13-5-1-6-14-26)33-30(43-37(41)28-17-9-3-10-18-28)23-21-25-22-24-31(44-38(42)29-19-11-4-12-20-29)34(32(25)33)36(40)27-15-7-2-8-16-27/h1-24H. The molecule has 0 radical (unpaired) electrons. The van der Waals surface area contributed by atoms with Gasteiger partial charge in [-0.15, -0.1) is 0 Å². The van der Waals surface area contributed by atoms with Crippen molar-refractivity contribution in [2.24, 2.45) is 0 Å². The van der Waals surface area contributed by atoms with Crippen LogP contribution in [0.3, 0.4) is 0 Å². The van der Waals surface area contributed by atoms with Gasteiger partial charge < -0.3 is 9.47 Å². The molecule has 6 aromatic rings. The van der Waals surface area contributed by atoms with Crippen LogP contribution in [0.5, 0.6) is 11.5 Å². The van der Waals surface area contributed by atoms with Gasteiger partial charge in [0.2, 0.25) is 0 Å². The SMILES string of the molecule is O=C(Oc1ccc2ccc(OC(=O)c3ccccc3)c(C(=O)c3ccccc3)c2c1C(=O)c1ccccc1)c1ccccc1. The van der Waals surface area contributed by atoms with E-state index in [1.165, 1.54) is 12.1 Å². The van der Waals surface area contributed by atoms with Gasteiger partial charge in [0.1, 0.15) is 11.5 Å². The van der Waals surface area contributed by atoms with Gasteiger partial charge in [-0.1, -0.05) is 109 Å². The largest absolute Gasteiger partial charge is 0.422 e. The predicted octanol–water partition coefficient (Wildman–Crippen LogP) is 7.74. The Morgan fingerprint density at radius 3 is 1.02 bits per heavy atom. The number of ether oxygens (including phenoxy) is 2. The maximum Gasteiger partial charge on any atom is 0.343 e. The van der Waals surface area contributed by atoms with E-state index in [2.05, 4.69) is 0 Å². The van der Waals surface area contributed by atoms with Crippen LogP contribution in [0, 0.1) is 0 Å². The first kappa shape index (κ1) is 28.0. The summed E-state index contributed by atoms with van der Waals surface area (Å²) in [4.78, 5) is 54.9. The summed E-state index contributed by atoms with van der Waals surface area (Å²) in [7, 11) is 0.